The summed E-state index contributed by atoms with van der Waals surface area (Å²) in [7, 11) is 0. The first kappa shape index (κ1) is 20.3. The molecule has 0 bridgehead atoms. The molecule has 2 heterocycles. The van der Waals surface area contributed by atoms with E-state index in [1.807, 2.05) is 24.0 Å². The summed E-state index contributed by atoms with van der Waals surface area (Å²) < 4.78 is 6.11. The lowest BCUT2D eigenvalue weighted by molar-refractivity contribution is -0.134. The van der Waals surface area contributed by atoms with Gasteiger partial charge in [0.1, 0.15) is 11.9 Å². The maximum Gasteiger partial charge on any atom is 0.251 e. The summed E-state index contributed by atoms with van der Waals surface area (Å²) in [6, 6.07) is 7.22. The van der Waals surface area contributed by atoms with Crippen LogP contribution in [0.1, 0.15) is 48.7 Å². The third-order valence-corrected chi connectivity index (χ3v) is 5.59. The molecule has 2 fully saturated rings. The van der Waals surface area contributed by atoms with Crippen LogP contribution in [-0.4, -0.2) is 51.9 Å². The molecule has 7 nitrogen and oxygen atoms in total. The van der Waals surface area contributed by atoms with E-state index < -0.39 is 0 Å². The average molecular weight is 409 g/mol. The van der Waals surface area contributed by atoms with Crippen LogP contribution < -0.4 is 10.1 Å². The fourth-order valence-corrected chi connectivity index (χ4v) is 3.79. The van der Waals surface area contributed by atoms with Crippen molar-refractivity contribution < 1.29 is 14.3 Å². The number of nitrogens with zero attached hydrogens (tertiary/aromatic N) is 3. The number of rotatable bonds is 7. The molecule has 30 heavy (non-hydrogen) atoms. The molecule has 1 aliphatic heterocycles. The molecule has 7 heteroatoms. The highest BCUT2D eigenvalue weighted by Crippen LogP contribution is 2.32. The minimum absolute atomic E-state index is 0.0629. The van der Waals surface area contributed by atoms with Crippen molar-refractivity contribution in [2.24, 2.45) is 5.92 Å². The molecular formula is C23H28N4O3. The molecule has 1 N–H and O–H groups in total. The predicted octanol–water partition coefficient (Wildman–Crippen LogP) is 2.62. The van der Waals surface area contributed by atoms with Crippen LogP contribution in [0.15, 0.2) is 42.9 Å². The van der Waals surface area contributed by atoms with E-state index in [-0.39, 0.29) is 24.0 Å². The minimum atomic E-state index is -0.137. The molecule has 1 saturated heterocycles. The summed E-state index contributed by atoms with van der Waals surface area (Å²) in [6.45, 7) is 3.45. The third-order valence-electron chi connectivity index (χ3n) is 5.59. The van der Waals surface area contributed by atoms with Gasteiger partial charge in [-0.25, -0.2) is 0 Å². The molecule has 2 aliphatic rings. The number of ether oxygens (including phenoxy) is 1. The maximum absolute atomic E-state index is 12.6. The van der Waals surface area contributed by atoms with Crippen LogP contribution in [0.2, 0.25) is 0 Å². The summed E-state index contributed by atoms with van der Waals surface area (Å²) in [6.07, 6.45) is 9.41. The molecule has 4 rings (SSSR count). The molecule has 1 unspecified atom stereocenters. The number of amides is 2. The molecule has 1 saturated carbocycles. The highest BCUT2D eigenvalue weighted by molar-refractivity contribution is 5.94. The molecule has 2 aromatic rings. The van der Waals surface area contributed by atoms with E-state index in [9.17, 15) is 9.59 Å². The average Bonchev–Trinajstić information content (AvgIpc) is 3.60. The van der Waals surface area contributed by atoms with Gasteiger partial charge in [-0.15, -0.1) is 0 Å². The molecular weight excluding hydrogens is 380 g/mol. The van der Waals surface area contributed by atoms with Crippen molar-refractivity contribution in [3.63, 3.8) is 0 Å². The maximum atomic E-state index is 12.6. The van der Waals surface area contributed by atoms with Crippen LogP contribution in [0.5, 0.6) is 5.75 Å². The molecule has 1 atom stereocenters. The van der Waals surface area contributed by atoms with Gasteiger partial charge in [0.05, 0.1) is 5.69 Å². The van der Waals surface area contributed by atoms with Crippen LogP contribution in [0, 0.1) is 5.92 Å². The van der Waals surface area contributed by atoms with E-state index in [2.05, 4.69) is 15.3 Å². The zero-order valence-electron chi connectivity index (χ0n) is 17.3. The summed E-state index contributed by atoms with van der Waals surface area (Å²) >= 11 is 0. The Balaban J connectivity index is 1.28. The van der Waals surface area contributed by atoms with E-state index in [1.165, 1.54) is 0 Å². The number of likely N-dealkylation sites (tertiary alicyclic amines) is 1. The van der Waals surface area contributed by atoms with Crippen molar-refractivity contribution in [3.05, 3.63) is 54.1 Å². The second-order valence-corrected chi connectivity index (χ2v) is 8.22. The molecule has 0 spiro atoms. The van der Waals surface area contributed by atoms with E-state index >= 15 is 0 Å². The molecule has 1 aromatic heterocycles. The zero-order chi connectivity index (χ0) is 20.9. The Hall–Kier alpha value is -2.96. The first-order valence-corrected chi connectivity index (χ1v) is 10.7. The molecule has 1 aromatic carbocycles. The van der Waals surface area contributed by atoms with E-state index in [0.29, 0.717) is 23.6 Å². The Morgan fingerprint density at radius 1 is 1.20 bits per heavy atom. The quantitative estimate of drug-likeness (QED) is 0.761. The smallest absolute Gasteiger partial charge is 0.251 e. The Morgan fingerprint density at radius 3 is 2.70 bits per heavy atom. The largest absolute Gasteiger partial charge is 0.490 e. The van der Waals surface area contributed by atoms with E-state index in [4.69, 9.17) is 4.74 Å². The fourth-order valence-electron chi connectivity index (χ4n) is 3.79. The number of hydrogen-bond donors (Lipinski definition) is 1. The topological polar surface area (TPSA) is 84.4 Å². The van der Waals surface area contributed by atoms with Gasteiger partial charge in [0.2, 0.25) is 5.91 Å². The van der Waals surface area contributed by atoms with Gasteiger partial charge < -0.3 is 15.0 Å². The Bertz CT molecular complexity index is 877. The number of piperidine rings is 1. The third kappa shape index (κ3) is 5.34. The normalized spacial score (nSPS) is 18.0. The Morgan fingerprint density at radius 2 is 2.00 bits per heavy atom. The van der Waals surface area contributed by atoms with Crippen molar-refractivity contribution in [2.45, 2.75) is 51.2 Å². The number of nitrogens with one attached hydrogen (secondary N) is 1. The van der Waals surface area contributed by atoms with Crippen molar-refractivity contribution in [1.29, 1.82) is 0 Å². The van der Waals surface area contributed by atoms with Crippen molar-refractivity contribution in [1.82, 2.24) is 20.2 Å². The first-order chi connectivity index (χ1) is 14.6. The van der Waals surface area contributed by atoms with Gasteiger partial charge >= 0.3 is 0 Å². The van der Waals surface area contributed by atoms with Gasteiger partial charge in [-0.1, -0.05) is 6.07 Å². The summed E-state index contributed by atoms with van der Waals surface area (Å²) in [4.78, 5) is 35.1. The molecule has 0 radical (unpaired) electrons. The van der Waals surface area contributed by atoms with Gasteiger partial charge in [-0.3, -0.25) is 19.6 Å². The number of hydrogen-bond acceptors (Lipinski definition) is 5. The van der Waals surface area contributed by atoms with Crippen molar-refractivity contribution >= 4 is 11.8 Å². The van der Waals surface area contributed by atoms with Crippen LogP contribution in [0.25, 0.3) is 0 Å². The number of carbonyl (C=O) groups excluding carboxylic acids is 2. The number of carbonyl (C=O) groups is 2. The van der Waals surface area contributed by atoms with Gasteiger partial charge in [-0.05, 0) is 38.0 Å². The van der Waals surface area contributed by atoms with E-state index in [1.54, 1.807) is 30.7 Å². The van der Waals surface area contributed by atoms with E-state index in [0.717, 1.165) is 44.5 Å². The first-order valence-electron chi connectivity index (χ1n) is 10.7. The monoisotopic (exact) mass is 408 g/mol. The van der Waals surface area contributed by atoms with Crippen LogP contribution >= 0.6 is 0 Å². The zero-order valence-corrected chi connectivity index (χ0v) is 17.3. The lowest BCUT2D eigenvalue weighted by atomic mass is 10.1. The second-order valence-electron chi connectivity index (χ2n) is 8.22. The van der Waals surface area contributed by atoms with Gasteiger partial charge in [0.25, 0.3) is 5.91 Å². The van der Waals surface area contributed by atoms with Gasteiger partial charge in [-0.2, -0.15) is 0 Å². The predicted molar refractivity (Wildman–Crippen MR) is 112 cm³/mol. The second kappa shape index (κ2) is 9.24. The van der Waals surface area contributed by atoms with Crippen LogP contribution in [-0.2, 0) is 11.2 Å². The summed E-state index contributed by atoms with van der Waals surface area (Å²) in [5, 5.41) is 3.00. The Labute approximate surface area is 176 Å². The van der Waals surface area contributed by atoms with Crippen LogP contribution in [0.3, 0.4) is 0 Å². The van der Waals surface area contributed by atoms with Crippen LogP contribution in [0.4, 0.5) is 0 Å². The summed E-state index contributed by atoms with van der Waals surface area (Å²) in [5.41, 5.74) is 1.41. The standard InChI is InChI=1S/C23H28N4O3/c1-16(13-19-15-24-9-10-25-19)26-22(28)18-3-2-4-21(14-18)30-20-7-11-27(12-8-20)23(29)17-5-6-17/h2-4,9-10,14-17,20H,5-8,11-13H2,1H3,(H,26,28). The minimum Gasteiger partial charge on any atom is -0.490 e. The lowest BCUT2D eigenvalue weighted by Crippen LogP contribution is -2.42. The number of benzene rings is 1. The molecule has 1 aliphatic carbocycles. The fraction of sp³-hybridized carbons (Fsp3) is 0.478. The van der Waals surface area contributed by atoms with Crippen molar-refractivity contribution in [2.75, 3.05) is 13.1 Å². The molecule has 2 amide bonds. The Kier molecular flexibility index (Phi) is 6.26. The summed E-state index contributed by atoms with van der Waals surface area (Å²) in [5.74, 6) is 1.13. The SMILES string of the molecule is CC(Cc1cnccn1)NC(=O)c1cccc(OC2CCN(C(=O)C3CC3)CC2)c1. The van der Waals surface area contributed by atoms with Crippen molar-refractivity contribution in [3.8, 4) is 5.75 Å². The lowest BCUT2D eigenvalue weighted by Gasteiger charge is -2.32. The van der Waals surface area contributed by atoms with Gasteiger partial charge in [0.15, 0.2) is 0 Å². The number of aromatic nitrogens is 2. The molecule has 158 valence electrons. The highest BCUT2D eigenvalue weighted by atomic mass is 16.5. The van der Waals surface area contributed by atoms with Gasteiger partial charge in [0, 0.05) is 68.5 Å². The highest BCUT2D eigenvalue weighted by Gasteiger charge is 2.35.